The minimum Gasteiger partial charge on any atom is -0.314 e. The number of aryl methyl sites for hydroxylation is 3. The molecule has 3 nitrogen and oxygen atoms in total. The minimum atomic E-state index is -2.51. The largest absolute Gasteiger partial charge is 0.314 e. The average molecular weight is 255 g/mol. The van der Waals surface area contributed by atoms with E-state index in [1.807, 2.05) is 19.9 Å². The number of alkyl halides is 2. The molecule has 100 valence electrons. The van der Waals surface area contributed by atoms with Gasteiger partial charge in [0, 0.05) is 43.2 Å². The first-order valence-electron chi connectivity index (χ1n) is 6.37. The second kappa shape index (κ2) is 5.26. The molecule has 0 aromatic carbocycles. The molecule has 1 fully saturated rings. The van der Waals surface area contributed by atoms with Crippen LogP contribution in [0.4, 0.5) is 8.78 Å². The van der Waals surface area contributed by atoms with Crippen molar-refractivity contribution in [2.75, 3.05) is 6.54 Å². The lowest BCUT2D eigenvalue weighted by atomic mass is 9.97. The summed E-state index contributed by atoms with van der Waals surface area (Å²) in [4.78, 5) is 8.66. The quantitative estimate of drug-likeness (QED) is 0.901. The van der Waals surface area contributed by atoms with Gasteiger partial charge in [0.25, 0.3) is 5.92 Å². The fourth-order valence-corrected chi connectivity index (χ4v) is 2.41. The van der Waals surface area contributed by atoms with E-state index in [0.717, 1.165) is 17.2 Å². The van der Waals surface area contributed by atoms with E-state index in [-0.39, 0.29) is 18.9 Å². The SMILES string of the molecule is Cc1cc(C)nc(CCC2CC(F)(F)CCN2)n1. The zero-order valence-electron chi connectivity index (χ0n) is 10.8. The molecule has 0 saturated carbocycles. The van der Waals surface area contributed by atoms with E-state index in [4.69, 9.17) is 0 Å². The van der Waals surface area contributed by atoms with E-state index in [9.17, 15) is 8.78 Å². The van der Waals surface area contributed by atoms with Crippen LogP contribution in [0, 0.1) is 13.8 Å². The van der Waals surface area contributed by atoms with Crippen LogP contribution < -0.4 is 5.32 Å². The predicted molar refractivity (Wildman–Crippen MR) is 65.8 cm³/mol. The maximum absolute atomic E-state index is 13.2. The van der Waals surface area contributed by atoms with Gasteiger partial charge in [-0.1, -0.05) is 0 Å². The van der Waals surface area contributed by atoms with Gasteiger partial charge >= 0.3 is 0 Å². The Morgan fingerprint density at radius 3 is 2.61 bits per heavy atom. The van der Waals surface area contributed by atoms with Gasteiger partial charge in [-0.25, -0.2) is 18.7 Å². The van der Waals surface area contributed by atoms with Crippen molar-refractivity contribution in [3.05, 3.63) is 23.3 Å². The maximum Gasteiger partial charge on any atom is 0.250 e. The monoisotopic (exact) mass is 255 g/mol. The van der Waals surface area contributed by atoms with Gasteiger partial charge in [-0.05, 0) is 26.3 Å². The number of hydrogen-bond acceptors (Lipinski definition) is 3. The third kappa shape index (κ3) is 3.70. The molecule has 1 unspecified atom stereocenters. The normalized spacial score (nSPS) is 23.0. The molecule has 1 atom stereocenters. The van der Waals surface area contributed by atoms with Crippen molar-refractivity contribution in [2.45, 2.75) is 51.5 Å². The van der Waals surface area contributed by atoms with Crippen LogP contribution in [0.25, 0.3) is 0 Å². The average Bonchev–Trinajstić information content (AvgIpc) is 2.24. The molecule has 5 heteroatoms. The van der Waals surface area contributed by atoms with Crippen LogP contribution >= 0.6 is 0 Å². The summed E-state index contributed by atoms with van der Waals surface area (Å²) < 4.78 is 26.5. The molecule has 1 N–H and O–H groups in total. The molecule has 0 amide bonds. The second-order valence-electron chi connectivity index (χ2n) is 5.07. The first-order chi connectivity index (χ1) is 8.44. The summed E-state index contributed by atoms with van der Waals surface area (Å²) >= 11 is 0. The standard InChI is InChI=1S/C13H19F2N3/c1-9-7-10(2)18-12(17-9)4-3-11-8-13(14,15)5-6-16-11/h7,11,16H,3-6,8H2,1-2H3. The van der Waals surface area contributed by atoms with Crippen LogP contribution in [0.1, 0.15) is 36.5 Å². The molecule has 18 heavy (non-hydrogen) atoms. The highest BCUT2D eigenvalue weighted by Crippen LogP contribution is 2.28. The Hall–Kier alpha value is -1.10. The molecule has 2 rings (SSSR count). The maximum atomic E-state index is 13.2. The lowest BCUT2D eigenvalue weighted by Crippen LogP contribution is -2.43. The summed E-state index contributed by atoms with van der Waals surface area (Å²) in [6.07, 6.45) is 1.19. The van der Waals surface area contributed by atoms with Crippen LogP contribution in [-0.4, -0.2) is 28.5 Å². The molecule has 0 bridgehead atoms. The Balaban J connectivity index is 1.91. The molecule has 1 aromatic heterocycles. The fraction of sp³-hybridized carbons (Fsp3) is 0.692. The molecule has 1 aliphatic heterocycles. The number of halogens is 2. The topological polar surface area (TPSA) is 37.8 Å². The van der Waals surface area contributed by atoms with Crippen LogP contribution in [0.2, 0.25) is 0 Å². The van der Waals surface area contributed by atoms with E-state index >= 15 is 0 Å². The van der Waals surface area contributed by atoms with Gasteiger partial charge < -0.3 is 5.32 Å². The molecule has 0 aliphatic carbocycles. The lowest BCUT2D eigenvalue weighted by molar-refractivity contribution is -0.0419. The molecule has 1 aromatic rings. The molecular weight excluding hydrogens is 236 g/mol. The third-order valence-corrected chi connectivity index (χ3v) is 3.21. The number of nitrogens with one attached hydrogen (secondary N) is 1. The number of aromatic nitrogens is 2. The van der Waals surface area contributed by atoms with Gasteiger partial charge in [-0.3, -0.25) is 0 Å². The summed E-state index contributed by atoms with van der Waals surface area (Å²) in [7, 11) is 0. The van der Waals surface area contributed by atoms with Crippen molar-refractivity contribution in [3.63, 3.8) is 0 Å². The van der Waals surface area contributed by atoms with Gasteiger partial charge in [-0.2, -0.15) is 0 Å². The summed E-state index contributed by atoms with van der Waals surface area (Å²) in [6.45, 7) is 4.24. The number of hydrogen-bond donors (Lipinski definition) is 1. The van der Waals surface area contributed by atoms with Crippen LogP contribution in [0.5, 0.6) is 0 Å². The van der Waals surface area contributed by atoms with Gasteiger partial charge in [0.2, 0.25) is 0 Å². The van der Waals surface area contributed by atoms with Crippen molar-refractivity contribution in [3.8, 4) is 0 Å². The Morgan fingerprint density at radius 2 is 2.00 bits per heavy atom. The lowest BCUT2D eigenvalue weighted by Gasteiger charge is -2.30. The fourth-order valence-electron chi connectivity index (χ4n) is 2.41. The first-order valence-corrected chi connectivity index (χ1v) is 6.37. The van der Waals surface area contributed by atoms with E-state index < -0.39 is 5.92 Å². The van der Waals surface area contributed by atoms with Crippen LogP contribution in [0.3, 0.4) is 0 Å². The molecule has 1 aliphatic rings. The molecular formula is C13H19F2N3. The Morgan fingerprint density at radius 1 is 1.33 bits per heavy atom. The number of piperidine rings is 1. The molecule has 1 saturated heterocycles. The van der Waals surface area contributed by atoms with E-state index in [2.05, 4.69) is 15.3 Å². The predicted octanol–water partition coefficient (Wildman–Crippen LogP) is 2.41. The smallest absolute Gasteiger partial charge is 0.250 e. The van der Waals surface area contributed by atoms with Crippen molar-refractivity contribution in [2.24, 2.45) is 0 Å². The van der Waals surface area contributed by atoms with Crippen molar-refractivity contribution < 1.29 is 8.78 Å². The van der Waals surface area contributed by atoms with Gasteiger partial charge in [0.05, 0.1) is 0 Å². The first kappa shape index (κ1) is 13.3. The van der Waals surface area contributed by atoms with Crippen molar-refractivity contribution in [1.82, 2.24) is 15.3 Å². The Labute approximate surface area is 106 Å². The highest BCUT2D eigenvalue weighted by Gasteiger charge is 2.35. The molecule has 2 heterocycles. The van der Waals surface area contributed by atoms with Crippen molar-refractivity contribution >= 4 is 0 Å². The third-order valence-electron chi connectivity index (χ3n) is 3.21. The van der Waals surface area contributed by atoms with E-state index in [1.54, 1.807) is 0 Å². The van der Waals surface area contributed by atoms with Gasteiger partial charge in [0.1, 0.15) is 5.82 Å². The Kier molecular flexibility index (Phi) is 3.90. The van der Waals surface area contributed by atoms with Crippen molar-refractivity contribution in [1.29, 1.82) is 0 Å². The zero-order valence-corrected chi connectivity index (χ0v) is 10.8. The van der Waals surface area contributed by atoms with Gasteiger partial charge in [-0.15, -0.1) is 0 Å². The minimum absolute atomic E-state index is 0.0520. The highest BCUT2D eigenvalue weighted by molar-refractivity contribution is 5.08. The number of nitrogens with zero attached hydrogens (tertiary/aromatic N) is 2. The van der Waals surface area contributed by atoms with Crippen LogP contribution in [-0.2, 0) is 6.42 Å². The van der Waals surface area contributed by atoms with E-state index in [0.29, 0.717) is 19.4 Å². The Bertz CT molecular complexity index is 400. The molecule has 0 radical (unpaired) electrons. The highest BCUT2D eigenvalue weighted by atomic mass is 19.3. The zero-order chi connectivity index (χ0) is 13.2. The molecule has 0 spiro atoms. The van der Waals surface area contributed by atoms with E-state index in [1.165, 1.54) is 0 Å². The van der Waals surface area contributed by atoms with Gasteiger partial charge in [0.15, 0.2) is 0 Å². The second-order valence-corrected chi connectivity index (χ2v) is 5.07. The summed E-state index contributed by atoms with van der Waals surface area (Å²) in [5.74, 6) is -1.76. The van der Waals surface area contributed by atoms with Crippen LogP contribution in [0.15, 0.2) is 6.07 Å². The number of rotatable bonds is 3. The summed E-state index contributed by atoms with van der Waals surface area (Å²) in [5, 5.41) is 3.14. The summed E-state index contributed by atoms with van der Waals surface area (Å²) in [5.41, 5.74) is 1.86. The summed E-state index contributed by atoms with van der Waals surface area (Å²) in [6, 6.07) is 1.79.